The number of ether oxygens (including phenoxy) is 2. The van der Waals surface area contributed by atoms with Gasteiger partial charge in [0.05, 0.1) is 13.2 Å². The van der Waals surface area contributed by atoms with E-state index >= 15 is 0 Å². The summed E-state index contributed by atoms with van der Waals surface area (Å²) >= 11 is 0. The van der Waals surface area contributed by atoms with Crippen molar-refractivity contribution in [2.45, 2.75) is 13.8 Å². The van der Waals surface area contributed by atoms with Gasteiger partial charge in [0.1, 0.15) is 16.7 Å². The van der Waals surface area contributed by atoms with Crippen LogP contribution in [-0.2, 0) is 0 Å². The Kier molecular flexibility index (Phi) is 3.31. The van der Waals surface area contributed by atoms with E-state index in [1.165, 1.54) is 6.07 Å². The van der Waals surface area contributed by atoms with Crippen LogP contribution in [0.3, 0.4) is 0 Å². The first kappa shape index (κ1) is 12.2. The summed E-state index contributed by atoms with van der Waals surface area (Å²) in [4.78, 5) is 21.8. The molecule has 0 aromatic carbocycles. The number of aromatic nitrogens is 3. The Hall–Kier alpha value is -2.31. The summed E-state index contributed by atoms with van der Waals surface area (Å²) in [5.74, 6) is -0.771. The lowest BCUT2D eigenvalue weighted by Crippen LogP contribution is -2.01. The number of aromatic carboxylic acids is 1. The first-order valence-corrected chi connectivity index (χ1v) is 5.55. The van der Waals surface area contributed by atoms with E-state index in [4.69, 9.17) is 14.6 Å². The molecule has 0 bridgehead atoms. The van der Waals surface area contributed by atoms with E-state index in [2.05, 4.69) is 15.0 Å². The quantitative estimate of drug-likeness (QED) is 0.834. The molecule has 2 aromatic heterocycles. The summed E-state index contributed by atoms with van der Waals surface area (Å²) in [5, 5.41) is 8.93. The summed E-state index contributed by atoms with van der Waals surface area (Å²) in [7, 11) is 0. The van der Waals surface area contributed by atoms with E-state index < -0.39 is 5.97 Å². The van der Waals surface area contributed by atoms with Gasteiger partial charge in [-0.05, 0) is 19.9 Å². The Morgan fingerprint density at radius 2 is 2.06 bits per heavy atom. The first-order valence-electron chi connectivity index (χ1n) is 5.55. The first-order chi connectivity index (χ1) is 8.65. The van der Waals surface area contributed by atoms with Crippen LogP contribution in [-0.4, -0.2) is 39.2 Å². The molecular weight excluding hydrogens is 238 g/mol. The summed E-state index contributed by atoms with van der Waals surface area (Å²) in [6.07, 6.45) is 0. The van der Waals surface area contributed by atoms with Gasteiger partial charge in [0, 0.05) is 0 Å². The molecule has 0 atom stereocenters. The highest BCUT2D eigenvalue weighted by Gasteiger charge is 2.15. The Morgan fingerprint density at radius 1 is 1.33 bits per heavy atom. The van der Waals surface area contributed by atoms with Crippen molar-refractivity contribution in [1.82, 2.24) is 15.0 Å². The van der Waals surface area contributed by atoms with Crippen LogP contribution in [0.1, 0.15) is 24.3 Å². The third-order valence-electron chi connectivity index (χ3n) is 2.21. The van der Waals surface area contributed by atoms with Gasteiger partial charge in [-0.15, -0.1) is 0 Å². The fourth-order valence-corrected chi connectivity index (χ4v) is 1.52. The molecule has 96 valence electrons. The number of fused-ring (bicyclic) bond motifs is 1. The summed E-state index contributed by atoms with van der Waals surface area (Å²) in [6, 6.07) is 1.59. The molecule has 2 N–H and O–H groups in total. The maximum absolute atomic E-state index is 10.9. The normalized spacial score (nSPS) is 10.6. The zero-order valence-electron chi connectivity index (χ0n) is 10.1. The molecule has 0 saturated carbocycles. The van der Waals surface area contributed by atoms with Crippen LogP contribution >= 0.6 is 0 Å². The molecule has 0 aliphatic carbocycles. The van der Waals surface area contributed by atoms with Crippen LogP contribution in [0, 0.1) is 0 Å². The SMILES string of the molecule is CCOc1nc(OCC)c2[nH]c(C(=O)O)cc2n1. The maximum Gasteiger partial charge on any atom is 0.352 e. The number of carboxylic acids is 1. The molecule has 0 amide bonds. The van der Waals surface area contributed by atoms with Crippen LogP contribution in [0.25, 0.3) is 11.0 Å². The third-order valence-corrected chi connectivity index (χ3v) is 2.21. The van der Waals surface area contributed by atoms with Crippen LogP contribution in [0.4, 0.5) is 0 Å². The molecule has 0 unspecified atom stereocenters. The monoisotopic (exact) mass is 251 g/mol. The average molecular weight is 251 g/mol. The number of hydrogen-bond donors (Lipinski definition) is 2. The van der Waals surface area contributed by atoms with Gasteiger partial charge >= 0.3 is 12.0 Å². The van der Waals surface area contributed by atoms with Gasteiger partial charge in [0.25, 0.3) is 0 Å². The van der Waals surface area contributed by atoms with Crippen LogP contribution in [0.5, 0.6) is 11.9 Å². The number of carboxylic acid groups (broad SMARTS) is 1. The molecule has 2 aromatic rings. The number of nitrogens with one attached hydrogen (secondary N) is 1. The van der Waals surface area contributed by atoms with E-state index in [1.54, 1.807) is 0 Å². The minimum absolute atomic E-state index is 0.0360. The molecule has 7 heteroatoms. The van der Waals surface area contributed by atoms with Gasteiger partial charge < -0.3 is 19.6 Å². The number of rotatable bonds is 5. The lowest BCUT2D eigenvalue weighted by Gasteiger charge is -2.05. The zero-order valence-corrected chi connectivity index (χ0v) is 10.1. The van der Waals surface area contributed by atoms with Gasteiger partial charge in [-0.25, -0.2) is 4.79 Å². The standard InChI is InChI=1S/C11H13N3O4/c1-3-17-9-8-6(5-7(12-8)10(15)16)13-11(14-9)18-4-2/h5,12H,3-4H2,1-2H3,(H,15,16). The van der Waals surface area contributed by atoms with Crippen LogP contribution < -0.4 is 9.47 Å². The predicted molar refractivity (Wildman–Crippen MR) is 63.2 cm³/mol. The fraction of sp³-hybridized carbons (Fsp3) is 0.364. The molecule has 0 aliphatic rings. The van der Waals surface area contributed by atoms with Crippen molar-refractivity contribution in [2.24, 2.45) is 0 Å². The number of H-pyrrole nitrogens is 1. The van der Waals surface area contributed by atoms with E-state index in [9.17, 15) is 4.79 Å². The Balaban J connectivity index is 2.57. The molecule has 2 heterocycles. The number of aromatic amines is 1. The van der Waals surface area contributed by atoms with Gasteiger partial charge in [-0.3, -0.25) is 0 Å². The second-order valence-electron chi connectivity index (χ2n) is 3.43. The predicted octanol–water partition coefficient (Wildman–Crippen LogP) is 1.45. The molecule has 0 spiro atoms. The van der Waals surface area contributed by atoms with Crippen molar-refractivity contribution >= 4 is 17.0 Å². The van der Waals surface area contributed by atoms with Gasteiger partial charge in [0.15, 0.2) is 0 Å². The highest BCUT2D eigenvalue weighted by Crippen LogP contribution is 2.25. The van der Waals surface area contributed by atoms with Crippen LogP contribution in [0.2, 0.25) is 0 Å². The third kappa shape index (κ3) is 2.20. The number of nitrogens with zero attached hydrogens (tertiary/aromatic N) is 2. The van der Waals surface area contributed by atoms with Crippen molar-refractivity contribution < 1.29 is 19.4 Å². The van der Waals surface area contributed by atoms with Crippen molar-refractivity contribution in [3.05, 3.63) is 11.8 Å². The van der Waals surface area contributed by atoms with Gasteiger partial charge in [-0.2, -0.15) is 9.97 Å². The van der Waals surface area contributed by atoms with Gasteiger partial charge in [0.2, 0.25) is 5.88 Å². The van der Waals surface area contributed by atoms with Crippen molar-refractivity contribution in [3.63, 3.8) is 0 Å². The Morgan fingerprint density at radius 3 is 2.67 bits per heavy atom. The smallest absolute Gasteiger partial charge is 0.352 e. The topological polar surface area (TPSA) is 97.3 Å². The molecule has 0 radical (unpaired) electrons. The Labute approximate surface area is 103 Å². The largest absolute Gasteiger partial charge is 0.477 e. The van der Waals surface area contributed by atoms with E-state index in [0.29, 0.717) is 30.1 Å². The minimum atomic E-state index is -1.06. The minimum Gasteiger partial charge on any atom is -0.477 e. The van der Waals surface area contributed by atoms with Crippen molar-refractivity contribution in [2.75, 3.05) is 13.2 Å². The lowest BCUT2D eigenvalue weighted by atomic mass is 10.4. The van der Waals surface area contributed by atoms with Crippen LogP contribution in [0.15, 0.2) is 6.07 Å². The number of carbonyl (C=O) groups is 1. The second-order valence-corrected chi connectivity index (χ2v) is 3.43. The fourth-order valence-electron chi connectivity index (χ4n) is 1.52. The molecule has 7 nitrogen and oxygen atoms in total. The summed E-state index contributed by atoms with van der Waals surface area (Å²) in [6.45, 7) is 4.47. The molecule has 0 aliphatic heterocycles. The summed E-state index contributed by atoms with van der Waals surface area (Å²) in [5.41, 5.74) is 0.945. The molecule has 2 rings (SSSR count). The maximum atomic E-state index is 10.9. The van der Waals surface area contributed by atoms with E-state index in [1.807, 2.05) is 13.8 Å². The van der Waals surface area contributed by atoms with Crippen molar-refractivity contribution in [1.29, 1.82) is 0 Å². The lowest BCUT2D eigenvalue weighted by molar-refractivity contribution is 0.0691. The highest BCUT2D eigenvalue weighted by molar-refractivity contribution is 5.93. The molecular formula is C11H13N3O4. The zero-order chi connectivity index (χ0) is 13.1. The average Bonchev–Trinajstić information content (AvgIpc) is 2.74. The molecule has 0 fully saturated rings. The second kappa shape index (κ2) is 4.91. The number of hydrogen-bond acceptors (Lipinski definition) is 5. The Bertz CT molecular complexity index is 579. The summed E-state index contributed by atoms with van der Waals surface area (Å²) < 4.78 is 10.6. The molecule has 0 saturated heterocycles. The van der Waals surface area contributed by atoms with Crippen molar-refractivity contribution in [3.8, 4) is 11.9 Å². The highest BCUT2D eigenvalue weighted by atomic mass is 16.5. The van der Waals surface area contributed by atoms with E-state index in [0.717, 1.165) is 0 Å². The van der Waals surface area contributed by atoms with E-state index in [-0.39, 0.29) is 11.7 Å². The van der Waals surface area contributed by atoms with Gasteiger partial charge in [-0.1, -0.05) is 0 Å². The molecule has 18 heavy (non-hydrogen) atoms.